The molecule has 3 rings (SSSR count). The molecule has 3 aromatic heterocycles. The molecule has 33 heavy (non-hydrogen) atoms. The molecule has 3 N–H and O–H groups in total. The number of allylic oxidation sites excluding steroid dienone is 1. The summed E-state index contributed by atoms with van der Waals surface area (Å²) >= 11 is 0. The molecular weight excluding hydrogens is 416 g/mol. The van der Waals surface area contributed by atoms with Crippen LogP contribution >= 0.6 is 0 Å². The van der Waals surface area contributed by atoms with Gasteiger partial charge in [0.1, 0.15) is 11.5 Å². The molecule has 0 spiro atoms. The average Bonchev–Trinajstić information content (AvgIpc) is 3.55. The average molecular weight is 451 g/mol. The predicted octanol–water partition coefficient (Wildman–Crippen LogP) is 5.55. The Bertz CT molecular complexity index is 1050. The third-order valence-corrected chi connectivity index (χ3v) is 5.43. The van der Waals surface area contributed by atoms with E-state index in [1.54, 1.807) is 31.8 Å². The number of nitrogens with two attached hydrogens (primary N) is 1. The van der Waals surface area contributed by atoms with Gasteiger partial charge in [0.15, 0.2) is 0 Å². The van der Waals surface area contributed by atoms with Crippen LogP contribution in [0.3, 0.4) is 0 Å². The van der Waals surface area contributed by atoms with Crippen molar-refractivity contribution < 1.29 is 18.0 Å². The first-order valence-electron chi connectivity index (χ1n) is 11.5. The number of nitrogens with one attached hydrogen (secondary N) is 1. The maximum Gasteiger partial charge on any atom is 0.247 e. The van der Waals surface area contributed by atoms with Gasteiger partial charge in [0.05, 0.1) is 25.1 Å². The molecule has 0 aromatic carbocycles. The van der Waals surface area contributed by atoms with Crippen molar-refractivity contribution in [2.75, 3.05) is 13.1 Å². The minimum Gasteiger partial charge on any atom is -0.472 e. The molecule has 3 heterocycles. The zero-order valence-corrected chi connectivity index (χ0v) is 19.6. The van der Waals surface area contributed by atoms with E-state index >= 15 is 0 Å². The van der Waals surface area contributed by atoms with Crippen LogP contribution in [-0.2, 0) is 24.1 Å². The normalized spacial score (nSPS) is 12.3. The third-order valence-electron chi connectivity index (χ3n) is 5.43. The lowest BCUT2D eigenvalue weighted by Gasteiger charge is -2.02. The van der Waals surface area contributed by atoms with Crippen molar-refractivity contribution in [1.82, 2.24) is 5.32 Å². The van der Waals surface area contributed by atoms with Crippen molar-refractivity contribution in [3.05, 3.63) is 82.6 Å². The second kappa shape index (κ2) is 12.7. The molecule has 0 saturated heterocycles. The molecule has 0 aliphatic heterocycles. The predicted molar refractivity (Wildman–Crippen MR) is 130 cm³/mol. The van der Waals surface area contributed by atoms with E-state index in [4.69, 9.17) is 19.0 Å². The Morgan fingerprint density at radius 1 is 0.939 bits per heavy atom. The number of hydrogen-bond donors (Lipinski definition) is 2. The van der Waals surface area contributed by atoms with Gasteiger partial charge >= 0.3 is 0 Å². The van der Waals surface area contributed by atoms with Crippen LogP contribution in [0.4, 0.5) is 0 Å². The summed E-state index contributed by atoms with van der Waals surface area (Å²) in [5, 5.41) is 2.75. The quantitative estimate of drug-likeness (QED) is 0.333. The second-order valence-electron chi connectivity index (χ2n) is 8.42. The standard InChI is InChI=1S/C27H34N2O4/c1-20(13-25-15-24(18-32-25)8-4-6-22-9-12-31-17-22)5-3-7-23-16-26(33-19-23)14-21(2)27(30)29-11-10-28/h9,12-19H,3-8,10-11,28H2,1-2H3,(H,29,30). The first-order valence-corrected chi connectivity index (χ1v) is 11.5. The third kappa shape index (κ3) is 8.31. The van der Waals surface area contributed by atoms with Crippen LogP contribution < -0.4 is 11.1 Å². The van der Waals surface area contributed by atoms with Gasteiger partial charge in [-0.25, -0.2) is 0 Å². The van der Waals surface area contributed by atoms with Crippen LogP contribution in [0.2, 0.25) is 0 Å². The van der Waals surface area contributed by atoms with Crippen LogP contribution in [0, 0.1) is 0 Å². The highest BCUT2D eigenvalue weighted by Gasteiger charge is 2.06. The highest BCUT2D eigenvalue weighted by atomic mass is 16.3. The Hall–Kier alpha value is -3.25. The summed E-state index contributed by atoms with van der Waals surface area (Å²) in [5.41, 5.74) is 10.9. The first-order chi connectivity index (χ1) is 16.0. The van der Waals surface area contributed by atoms with Crippen LogP contribution in [0.15, 0.2) is 67.6 Å². The van der Waals surface area contributed by atoms with Crippen LogP contribution in [0.1, 0.15) is 61.3 Å². The number of aryl methyl sites for hydroxylation is 3. The maximum atomic E-state index is 11.9. The Balaban J connectivity index is 1.41. The molecule has 0 bridgehead atoms. The number of carbonyl (C=O) groups is 1. The van der Waals surface area contributed by atoms with Gasteiger partial charge in [0.2, 0.25) is 5.91 Å². The zero-order valence-electron chi connectivity index (χ0n) is 19.6. The minimum absolute atomic E-state index is 0.127. The Kier molecular flexibility index (Phi) is 9.39. The van der Waals surface area contributed by atoms with Gasteiger partial charge in [-0.3, -0.25) is 4.79 Å². The largest absolute Gasteiger partial charge is 0.472 e. The van der Waals surface area contributed by atoms with Gasteiger partial charge in [-0.05, 0) is 99.4 Å². The van der Waals surface area contributed by atoms with Gasteiger partial charge < -0.3 is 24.3 Å². The number of rotatable bonds is 13. The zero-order chi connectivity index (χ0) is 23.5. The van der Waals surface area contributed by atoms with Crippen molar-refractivity contribution in [3.63, 3.8) is 0 Å². The van der Waals surface area contributed by atoms with E-state index in [1.807, 2.05) is 18.4 Å². The summed E-state index contributed by atoms with van der Waals surface area (Å²) in [5.74, 6) is 1.47. The Morgan fingerprint density at radius 3 is 2.27 bits per heavy atom. The summed E-state index contributed by atoms with van der Waals surface area (Å²) in [6.07, 6.45) is 17.0. The van der Waals surface area contributed by atoms with E-state index in [-0.39, 0.29) is 5.91 Å². The number of furan rings is 3. The monoisotopic (exact) mass is 450 g/mol. The van der Waals surface area contributed by atoms with Crippen LogP contribution in [0.5, 0.6) is 0 Å². The van der Waals surface area contributed by atoms with E-state index in [9.17, 15) is 4.79 Å². The maximum absolute atomic E-state index is 11.9. The molecular formula is C27H34N2O4. The van der Waals surface area contributed by atoms with Gasteiger partial charge in [0.25, 0.3) is 0 Å². The lowest BCUT2D eigenvalue weighted by molar-refractivity contribution is -0.117. The topological polar surface area (TPSA) is 94.5 Å². The molecule has 3 aromatic rings. The van der Waals surface area contributed by atoms with Crippen molar-refractivity contribution in [3.8, 4) is 0 Å². The molecule has 0 unspecified atom stereocenters. The molecule has 6 nitrogen and oxygen atoms in total. The Morgan fingerprint density at radius 2 is 1.61 bits per heavy atom. The van der Waals surface area contributed by atoms with E-state index in [0.717, 1.165) is 49.8 Å². The molecule has 0 radical (unpaired) electrons. The highest BCUT2D eigenvalue weighted by molar-refractivity contribution is 5.96. The number of carbonyl (C=O) groups excluding carboxylic acids is 1. The molecule has 0 atom stereocenters. The van der Waals surface area contributed by atoms with Gasteiger partial charge in [-0.1, -0.05) is 5.57 Å². The fraction of sp³-hybridized carbons (Fsp3) is 0.370. The molecule has 0 fully saturated rings. The Labute approximate surface area is 195 Å². The summed E-state index contributed by atoms with van der Waals surface area (Å²) < 4.78 is 16.4. The second-order valence-corrected chi connectivity index (χ2v) is 8.42. The fourth-order valence-corrected chi connectivity index (χ4v) is 3.62. The number of hydrogen-bond acceptors (Lipinski definition) is 5. The SMILES string of the molecule is CC(=Cc1cc(CCCc2ccoc2)co1)CCCc1coc(C=C(C)C(=O)NCCN)c1. The number of amides is 1. The molecule has 0 aliphatic rings. The van der Waals surface area contributed by atoms with Crippen molar-refractivity contribution >= 4 is 18.1 Å². The van der Waals surface area contributed by atoms with Crippen LogP contribution in [-0.4, -0.2) is 19.0 Å². The van der Waals surface area contributed by atoms with E-state index in [0.29, 0.717) is 24.4 Å². The highest BCUT2D eigenvalue weighted by Crippen LogP contribution is 2.19. The molecule has 6 heteroatoms. The van der Waals surface area contributed by atoms with Gasteiger partial charge in [-0.2, -0.15) is 0 Å². The van der Waals surface area contributed by atoms with Crippen molar-refractivity contribution in [2.24, 2.45) is 5.73 Å². The minimum atomic E-state index is -0.127. The molecule has 1 amide bonds. The van der Waals surface area contributed by atoms with E-state index in [2.05, 4.69) is 24.4 Å². The summed E-state index contributed by atoms with van der Waals surface area (Å²) in [7, 11) is 0. The van der Waals surface area contributed by atoms with E-state index < -0.39 is 0 Å². The first kappa shape index (κ1) is 24.4. The summed E-state index contributed by atoms with van der Waals surface area (Å²) in [6.45, 7) is 4.78. The fourth-order valence-electron chi connectivity index (χ4n) is 3.62. The van der Waals surface area contributed by atoms with Crippen molar-refractivity contribution in [1.29, 1.82) is 0 Å². The lowest BCUT2D eigenvalue weighted by Crippen LogP contribution is -2.29. The summed E-state index contributed by atoms with van der Waals surface area (Å²) in [4.78, 5) is 11.9. The van der Waals surface area contributed by atoms with E-state index in [1.165, 1.54) is 16.7 Å². The van der Waals surface area contributed by atoms with Crippen LogP contribution in [0.25, 0.3) is 12.2 Å². The van der Waals surface area contributed by atoms with Crippen molar-refractivity contribution in [2.45, 2.75) is 52.4 Å². The smallest absolute Gasteiger partial charge is 0.247 e. The summed E-state index contributed by atoms with van der Waals surface area (Å²) in [6, 6.07) is 6.12. The van der Waals surface area contributed by atoms with Gasteiger partial charge in [0, 0.05) is 18.7 Å². The lowest BCUT2D eigenvalue weighted by atomic mass is 10.1. The molecule has 0 saturated carbocycles. The molecule has 0 aliphatic carbocycles. The molecule has 176 valence electrons. The van der Waals surface area contributed by atoms with Gasteiger partial charge in [-0.15, -0.1) is 0 Å².